The van der Waals surface area contributed by atoms with E-state index in [1.807, 2.05) is 122 Å². The van der Waals surface area contributed by atoms with E-state index in [9.17, 15) is 38.4 Å². The lowest BCUT2D eigenvalue weighted by Gasteiger charge is -2.41. The molecule has 2 heterocycles. The second-order valence-electron chi connectivity index (χ2n) is 26.4. The van der Waals surface area contributed by atoms with Crippen molar-refractivity contribution in [3.05, 3.63) is 82.3 Å². The van der Waals surface area contributed by atoms with Crippen LogP contribution in [0.15, 0.2) is 66.2 Å². The third-order valence-corrected chi connectivity index (χ3v) is 19.4. The molecule has 1 saturated heterocycles. The number of carbonyl (C=O) groups is 8. The molecule has 1 fully saturated rings. The molecule has 6 amide bonds. The van der Waals surface area contributed by atoms with E-state index in [2.05, 4.69) is 33.1 Å². The molecule has 21 heteroatoms. The number of nitrogens with two attached hydrogens (primary N) is 2. The van der Waals surface area contributed by atoms with Crippen LogP contribution in [-0.4, -0.2) is 158 Å². The van der Waals surface area contributed by atoms with Gasteiger partial charge < -0.3 is 56.3 Å². The molecule has 3 aromatic rings. The predicted octanol–water partition coefficient (Wildman–Crippen LogP) is 10.2. The number of unbranched alkanes of at least 4 members (excludes halogenated alkanes) is 1. The highest BCUT2D eigenvalue weighted by molar-refractivity contribution is 7.09. The number of methoxy groups -OCH3 is 2. The van der Waals surface area contributed by atoms with E-state index in [1.54, 1.807) is 43.7 Å². The highest BCUT2D eigenvalue weighted by Gasteiger charge is 2.44. The van der Waals surface area contributed by atoms with Gasteiger partial charge in [-0.05, 0) is 104 Å². The molecule has 0 bridgehead atoms. The van der Waals surface area contributed by atoms with Crippen molar-refractivity contribution in [2.24, 2.45) is 58.8 Å². The highest BCUT2D eigenvalue weighted by Crippen LogP contribution is 2.34. The van der Waals surface area contributed by atoms with Crippen LogP contribution in [0.2, 0.25) is 0 Å². The number of Topliss-reactive ketones (excluding diaryl/α,β-unsaturated/α-hetero) is 3. The van der Waals surface area contributed by atoms with Crippen LogP contribution in [0.3, 0.4) is 0 Å². The molecule has 0 saturated carbocycles. The lowest BCUT2D eigenvalue weighted by Crippen LogP contribution is -2.54. The number of benzene rings is 2. The Morgan fingerprint density at radius 1 is 0.769 bits per heavy atom. The van der Waals surface area contributed by atoms with Gasteiger partial charge in [0.1, 0.15) is 12.4 Å². The molecule has 0 spiro atoms. The first-order valence-electron chi connectivity index (χ1n) is 33.2. The van der Waals surface area contributed by atoms with Crippen molar-refractivity contribution >= 4 is 64.2 Å². The van der Waals surface area contributed by atoms with Gasteiger partial charge in [0, 0.05) is 108 Å². The topological polar surface area (TPSA) is 275 Å². The molecule has 2 aromatic carbocycles. The zero-order chi connectivity index (χ0) is 67.5. The van der Waals surface area contributed by atoms with Crippen LogP contribution >= 0.6 is 11.3 Å². The first-order chi connectivity index (χ1) is 43.3. The van der Waals surface area contributed by atoms with Crippen molar-refractivity contribution < 1.29 is 52.6 Å². The van der Waals surface area contributed by atoms with Gasteiger partial charge in [-0.25, -0.2) is 14.6 Å². The number of urea groups is 1. The van der Waals surface area contributed by atoms with E-state index in [1.165, 1.54) is 11.9 Å². The number of carbonyl (C=O) groups excluding carboxylic acids is 8. The Kier molecular flexibility index (Phi) is 33.3. The van der Waals surface area contributed by atoms with Gasteiger partial charge in [0.25, 0.3) is 0 Å². The summed E-state index contributed by atoms with van der Waals surface area (Å²) in [6.07, 6.45) is 6.48. The Morgan fingerprint density at radius 3 is 2.04 bits per heavy atom. The van der Waals surface area contributed by atoms with Crippen molar-refractivity contribution in [3.63, 3.8) is 0 Å². The molecule has 1 aliphatic rings. The molecule has 12 atom stereocenters. The number of hydrogen-bond acceptors (Lipinski definition) is 15. The van der Waals surface area contributed by atoms with Gasteiger partial charge in [0.15, 0.2) is 11.6 Å². The molecule has 0 unspecified atom stereocenters. The van der Waals surface area contributed by atoms with Crippen LogP contribution < -0.4 is 27.4 Å². The fraction of sp³-hybridized carbons (Fsp3) is 0.671. The van der Waals surface area contributed by atoms with Crippen molar-refractivity contribution in [2.45, 2.75) is 202 Å². The maximum Gasteiger partial charge on any atom is 0.410 e. The first kappa shape index (κ1) is 77.2. The minimum atomic E-state index is -0.905. The summed E-state index contributed by atoms with van der Waals surface area (Å²) in [5.74, 6) is -3.42. The van der Waals surface area contributed by atoms with Gasteiger partial charge in [-0.2, -0.15) is 0 Å². The minimum absolute atomic E-state index is 0.0143. The molecule has 0 aliphatic carbocycles. The second kappa shape index (κ2) is 39.3. The molecule has 508 valence electrons. The van der Waals surface area contributed by atoms with Gasteiger partial charge in [0.2, 0.25) is 17.7 Å². The minimum Gasteiger partial charge on any atom is -0.445 e. The lowest BCUT2D eigenvalue weighted by atomic mass is 9.83. The summed E-state index contributed by atoms with van der Waals surface area (Å²) in [5, 5.41) is 11.9. The molecule has 0 radical (unpaired) electrons. The van der Waals surface area contributed by atoms with Gasteiger partial charge in [-0.3, -0.25) is 28.8 Å². The molecule has 7 N–H and O–H groups in total. The predicted molar refractivity (Wildman–Crippen MR) is 359 cm³/mol. The quantitative estimate of drug-likeness (QED) is 0.0330. The van der Waals surface area contributed by atoms with Crippen LogP contribution in [-0.2, 0) is 56.0 Å². The fourth-order valence-electron chi connectivity index (χ4n) is 12.9. The maximum atomic E-state index is 14.9. The fourth-order valence-corrected chi connectivity index (χ4v) is 13.6. The Bertz CT molecular complexity index is 2710. The average Bonchev–Trinajstić information content (AvgIpc) is 1.95. The molecule has 4 rings (SSSR count). The zero-order valence-electron chi connectivity index (χ0n) is 57.1. The summed E-state index contributed by atoms with van der Waals surface area (Å²) in [6, 6.07) is 14.4. The van der Waals surface area contributed by atoms with Gasteiger partial charge >= 0.3 is 12.1 Å². The summed E-state index contributed by atoms with van der Waals surface area (Å²) >= 11 is 1.55. The van der Waals surface area contributed by atoms with Crippen molar-refractivity contribution in [1.29, 1.82) is 0 Å². The SMILES string of the molecule is CC[C@H](C)[C@@H]([C@@H](CC(=O)N1CCC[C@H]1[C@H](OC)[C@@H](C)C(=O)C[C@@H](Cc1ccccc1)c1nccs1)OC)N(C)C(=O)[C@@H](CC(=O)[C@H](C(C)C)N(C)C(=O)OCc1ccc(NC[C@H](CCCNC(N)=O)CC(=O)[C@@H](NC(=O)[C@@H](C)CCCCN)C(C)C)cc1)C(C)C. The summed E-state index contributed by atoms with van der Waals surface area (Å²) in [7, 11) is 6.42. The van der Waals surface area contributed by atoms with Crippen LogP contribution in [0.5, 0.6) is 0 Å². The molecule has 91 heavy (non-hydrogen) atoms. The number of aromatic nitrogens is 1. The molecule has 1 aliphatic heterocycles. The Labute approximate surface area is 547 Å². The van der Waals surface area contributed by atoms with E-state index in [-0.39, 0.29) is 115 Å². The number of likely N-dealkylation sites (tertiary alicyclic amines) is 1. The number of anilines is 1. The van der Waals surface area contributed by atoms with Gasteiger partial charge in [-0.1, -0.05) is 125 Å². The van der Waals surface area contributed by atoms with E-state index in [0.717, 1.165) is 35.5 Å². The van der Waals surface area contributed by atoms with Crippen molar-refractivity contribution in [1.82, 2.24) is 30.3 Å². The third kappa shape index (κ3) is 24.0. The number of nitrogens with zero attached hydrogens (tertiary/aromatic N) is 4. The summed E-state index contributed by atoms with van der Waals surface area (Å²) in [4.78, 5) is 120. The number of rotatable bonds is 42. The normalized spacial score (nSPS) is 17.0. The number of hydrogen-bond donors (Lipinski definition) is 5. The zero-order valence-corrected chi connectivity index (χ0v) is 57.9. The van der Waals surface area contributed by atoms with Gasteiger partial charge in [-0.15, -0.1) is 11.3 Å². The largest absolute Gasteiger partial charge is 0.445 e. The van der Waals surface area contributed by atoms with Crippen LogP contribution in [0, 0.1) is 47.3 Å². The number of primary amides is 1. The number of nitrogens with one attached hydrogen (secondary N) is 3. The van der Waals surface area contributed by atoms with E-state index in [4.69, 9.17) is 25.7 Å². The van der Waals surface area contributed by atoms with Crippen LogP contribution in [0.1, 0.15) is 168 Å². The van der Waals surface area contributed by atoms with Crippen LogP contribution in [0.4, 0.5) is 15.3 Å². The van der Waals surface area contributed by atoms with Crippen LogP contribution in [0.25, 0.3) is 0 Å². The van der Waals surface area contributed by atoms with Gasteiger partial charge in [0.05, 0.1) is 47.8 Å². The number of likely N-dealkylation sites (N-methyl/N-ethyl adjacent to an activating group) is 2. The molecule has 1 aromatic heterocycles. The third-order valence-electron chi connectivity index (χ3n) is 18.5. The number of ether oxygens (including phenoxy) is 3. The monoisotopic (exact) mass is 1290 g/mol. The van der Waals surface area contributed by atoms with E-state index < -0.39 is 54.3 Å². The molecular formula is C70H111N9O11S. The smallest absolute Gasteiger partial charge is 0.410 e. The Morgan fingerprint density at radius 2 is 1.46 bits per heavy atom. The van der Waals surface area contributed by atoms with Crippen molar-refractivity contribution in [2.75, 3.05) is 59.8 Å². The molecular weight excluding hydrogens is 1170 g/mol. The Hall–Kier alpha value is -6.29. The van der Waals surface area contributed by atoms with Crippen molar-refractivity contribution in [3.8, 4) is 0 Å². The summed E-state index contributed by atoms with van der Waals surface area (Å²) in [6.45, 7) is 20.9. The number of amides is 6. The molecule has 20 nitrogen and oxygen atoms in total. The standard InChI is InChI=1S/C70H111N9O11S/c1-15-47(8)64(60(88-13)41-61(83)79-35-22-27-56(79)65(89-14)49(10)57(80)39-53(67-73-34-36-91-67)37-50-24-17-16-18-25-50)77(11)68(85)55(44(2)3)40-59(82)63(46(6)7)78(12)70(87)90-43-51-28-30-54(31-29-51)75-42-52(26-21-33-74-69(72)86)38-58(81)62(45(4)5)76-66(84)48(9)23-19-20-32-71/h16-18,24-25,28-31,34,36,44-49,52-53,55-56,60,62-65,75H,15,19-23,26-27,32-33,35,37-43,71H2,1-14H3,(H,76,84)(H3,72,74,86)/t47-,48-,49-,52+,53+,55-,56-,60+,62-,63-,64-,65+/m0/s1. The van der Waals surface area contributed by atoms with E-state index >= 15 is 0 Å². The average molecular weight is 1290 g/mol. The number of thiazole rings is 1. The summed E-state index contributed by atoms with van der Waals surface area (Å²) in [5.41, 5.74) is 13.5. The highest BCUT2D eigenvalue weighted by atomic mass is 32.1. The first-order valence-corrected chi connectivity index (χ1v) is 34.1. The summed E-state index contributed by atoms with van der Waals surface area (Å²) < 4.78 is 18.1. The second-order valence-corrected chi connectivity index (χ2v) is 27.3. The lowest BCUT2D eigenvalue weighted by molar-refractivity contribution is -0.149. The Balaban J connectivity index is 1.40. The number of ketones is 3. The van der Waals surface area contributed by atoms with E-state index in [0.29, 0.717) is 70.3 Å². The maximum absolute atomic E-state index is 14.9.